The van der Waals surface area contributed by atoms with E-state index in [1.54, 1.807) is 6.20 Å². The molecule has 1 saturated heterocycles. The van der Waals surface area contributed by atoms with Crippen molar-refractivity contribution in [3.63, 3.8) is 0 Å². The summed E-state index contributed by atoms with van der Waals surface area (Å²) < 4.78 is 7.19. The first-order chi connectivity index (χ1) is 10.3. The number of nitrogens with one attached hydrogen (secondary N) is 1. The number of aryl methyl sites for hydroxylation is 1. The maximum Gasteiger partial charge on any atom is 0.188 e. The van der Waals surface area contributed by atoms with Crippen molar-refractivity contribution in [2.24, 2.45) is 17.8 Å². The van der Waals surface area contributed by atoms with Crippen molar-refractivity contribution in [1.29, 1.82) is 0 Å². The summed E-state index contributed by atoms with van der Waals surface area (Å²) in [4.78, 5) is 6.76. The van der Waals surface area contributed by atoms with Crippen molar-refractivity contribution in [2.75, 3.05) is 45.9 Å². The van der Waals surface area contributed by atoms with Crippen LogP contribution in [-0.4, -0.2) is 66.6 Å². The minimum Gasteiger partial charge on any atom is -0.379 e. The molecular weight excluding hydrogens is 268 g/mol. The zero-order chi connectivity index (χ0) is 14.9. The average Bonchev–Trinajstić information content (AvgIpc) is 2.90. The van der Waals surface area contributed by atoms with Gasteiger partial charge in [-0.05, 0) is 12.5 Å². The van der Waals surface area contributed by atoms with Gasteiger partial charge in [0.1, 0.15) is 0 Å². The molecule has 0 unspecified atom stereocenters. The van der Waals surface area contributed by atoms with Gasteiger partial charge in [-0.2, -0.15) is 5.10 Å². The van der Waals surface area contributed by atoms with Crippen LogP contribution in [-0.2, 0) is 18.2 Å². The van der Waals surface area contributed by atoms with E-state index in [1.165, 1.54) is 5.69 Å². The first-order valence-electron chi connectivity index (χ1n) is 7.56. The van der Waals surface area contributed by atoms with Gasteiger partial charge in [-0.25, -0.2) is 0 Å². The van der Waals surface area contributed by atoms with Gasteiger partial charge in [0.15, 0.2) is 5.96 Å². The number of nitrogens with zero attached hydrogens (tertiary/aromatic N) is 4. The summed E-state index contributed by atoms with van der Waals surface area (Å²) in [7, 11) is 1.94. The molecule has 21 heavy (non-hydrogen) atoms. The second-order valence-corrected chi connectivity index (χ2v) is 5.20. The number of ether oxygens (including phenoxy) is 1. The molecule has 2 heterocycles. The molecule has 7 nitrogen and oxygen atoms in total. The van der Waals surface area contributed by atoms with Crippen LogP contribution >= 0.6 is 0 Å². The highest BCUT2D eigenvalue weighted by Gasteiger charge is 2.08. The lowest BCUT2D eigenvalue weighted by Gasteiger charge is -2.26. The topological polar surface area (TPSA) is 80.7 Å². The molecule has 0 spiro atoms. The number of morpholine rings is 1. The highest BCUT2D eigenvalue weighted by molar-refractivity contribution is 5.77. The molecule has 7 heteroatoms. The van der Waals surface area contributed by atoms with Crippen LogP contribution in [0.3, 0.4) is 0 Å². The molecule has 1 aromatic rings. The molecule has 0 saturated carbocycles. The molecule has 0 atom stereocenters. The van der Waals surface area contributed by atoms with Crippen molar-refractivity contribution in [1.82, 2.24) is 20.0 Å². The van der Waals surface area contributed by atoms with Gasteiger partial charge in [-0.15, -0.1) is 0 Å². The largest absolute Gasteiger partial charge is 0.379 e. The molecule has 0 radical (unpaired) electrons. The molecular formula is C14H26N6O. The molecule has 0 bridgehead atoms. The maximum absolute atomic E-state index is 5.85. The smallest absolute Gasteiger partial charge is 0.188 e. The molecule has 1 aliphatic rings. The van der Waals surface area contributed by atoms with E-state index in [0.29, 0.717) is 5.96 Å². The Morgan fingerprint density at radius 2 is 2.29 bits per heavy atom. The third-order valence-corrected chi connectivity index (χ3v) is 3.63. The third-order valence-electron chi connectivity index (χ3n) is 3.63. The Morgan fingerprint density at radius 1 is 1.48 bits per heavy atom. The van der Waals surface area contributed by atoms with Crippen molar-refractivity contribution >= 4 is 5.96 Å². The zero-order valence-corrected chi connectivity index (χ0v) is 12.8. The Balaban J connectivity index is 1.55. The fourth-order valence-corrected chi connectivity index (χ4v) is 2.34. The zero-order valence-electron chi connectivity index (χ0n) is 12.8. The Bertz CT molecular complexity index is 438. The van der Waals surface area contributed by atoms with Crippen LogP contribution < -0.4 is 11.1 Å². The molecule has 2 rings (SSSR count). The number of aliphatic imine (C=N–C) groups is 1. The van der Waals surface area contributed by atoms with Gasteiger partial charge in [-0.3, -0.25) is 14.6 Å². The van der Waals surface area contributed by atoms with Crippen molar-refractivity contribution < 1.29 is 4.74 Å². The second-order valence-electron chi connectivity index (χ2n) is 5.20. The fourth-order valence-electron chi connectivity index (χ4n) is 2.34. The number of nitrogens with two attached hydrogens (primary N) is 1. The summed E-state index contributed by atoms with van der Waals surface area (Å²) in [6.07, 6.45) is 3.73. The van der Waals surface area contributed by atoms with Gasteiger partial charge in [0.05, 0.1) is 13.2 Å². The molecule has 1 aliphatic heterocycles. The van der Waals surface area contributed by atoms with Gasteiger partial charge in [0.25, 0.3) is 0 Å². The van der Waals surface area contributed by atoms with Gasteiger partial charge >= 0.3 is 0 Å². The quantitative estimate of drug-likeness (QED) is 0.406. The number of aromatic nitrogens is 2. The third kappa shape index (κ3) is 5.73. The van der Waals surface area contributed by atoms with Gasteiger partial charge in [0.2, 0.25) is 0 Å². The summed E-state index contributed by atoms with van der Waals surface area (Å²) in [6, 6.07) is 2.01. The average molecular weight is 294 g/mol. The van der Waals surface area contributed by atoms with E-state index in [4.69, 9.17) is 10.5 Å². The van der Waals surface area contributed by atoms with Crippen LogP contribution in [0.1, 0.15) is 12.1 Å². The number of guanidine groups is 1. The lowest BCUT2D eigenvalue weighted by Crippen LogP contribution is -2.37. The van der Waals surface area contributed by atoms with Crippen molar-refractivity contribution in [3.05, 3.63) is 18.0 Å². The van der Waals surface area contributed by atoms with Crippen LogP contribution in [0.4, 0.5) is 0 Å². The van der Waals surface area contributed by atoms with E-state index in [9.17, 15) is 0 Å². The highest BCUT2D eigenvalue weighted by Crippen LogP contribution is 1.98. The van der Waals surface area contributed by atoms with E-state index < -0.39 is 0 Å². The predicted molar refractivity (Wildman–Crippen MR) is 83.3 cm³/mol. The van der Waals surface area contributed by atoms with Crippen LogP contribution in [0.25, 0.3) is 0 Å². The van der Waals surface area contributed by atoms with E-state index in [1.807, 2.05) is 17.8 Å². The predicted octanol–water partition coefficient (Wildman–Crippen LogP) is -0.411. The van der Waals surface area contributed by atoms with E-state index >= 15 is 0 Å². The summed E-state index contributed by atoms with van der Waals surface area (Å²) in [6.45, 7) is 6.36. The van der Waals surface area contributed by atoms with Gasteiger partial charge < -0.3 is 15.8 Å². The molecule has 1 aromatic heterocycles. The Hall–Kier alpha value is -1.60. The number of rotatable bonds is 7. The summed E-state index contributed by atoms with van der Waals surface area (Å²) in [5.74, 6) is 0.527. The van der Waals surface area contributed by atoms with E-state index in [2.05, 4.69) is 20.3 Å². The summed E-state index contributed by atoms with van der Waals surface area (Å²) >= 11 is 0. The molecule has 0 aliphatic carbocycles. The van der Waals surface area contributed by atoms with Gasteiger partial charge in [0, 0.05) is 58.1 Å². The first-order valence-corrected chi connectivity index (χ1v) is 7.56. The Labute approximate surface area is 126 Å². The minimum atomic E-state index is 0.527. The summed E-state index contributed by atoms with van der Waals surface area (Å²) in [5.41, 5.74) is 7.04. The van der Waals surface area contributed by atoms with E-state index in [-0.39, 0.29) is 0 Å². The lowest BCUT2D eigenvalue weighted by atomic mass is 10.3. The maximum atomic E-state index is 5.85. The van der Waals surface area contributed by atoms with Crippen LogP contribution in [0.5, 0.6) is 0 Å². The monoisotopic (exact) mass is 294 g/mol. The molecule has 0 aromatic carbocycles. The Morgan fingerprint density at radius 3 is 3.00 bits per heavy atom. The standard InChI is InChI=1S/C14H26N6O/c1-19-13(4-7-18-19)3-6-17-14(15)16-5-2-8-20-9-11-21-12-10-20/h4,7H,2-3,5-6,8-12H2,1H3,(H3,15,16,17). The second kappa shape index (κ2) is 8.63. The fraction of sp³-hybridized carbons (Fsp3) is 0.714. The van der Waals surface area contributed by atoms with Crippen molar-refractivity contribution in [3.8, 4) is 0 Å². The number of hydrogen-bond acceptors (Lipinski definition) is 4. The highest BCUT2D eigenvalue weighted by atomic mass is 16.5. The Kier molecular flexibility index (Phi) is 6.49. The molecule has 118 valence electrons. The normalized spacial score (nSPS) is 17.1. The summed E-state index contributed by atoms with van der Waals surface area (Å²) in [5, 5.41) is 7.27. The SMILES string of the molecule is Cn1nccc1CCNC(N)=NCCCN1CCOCC1. The first kappa shape index (κ1) is 15.8. The van der Waals surface area contributed by atoms with Crippen LogP contribution in [0.2, 0.25) is 0 Å². The van der Waals surface area contributed by atoms with Crippen molar-refractivity contribution in [2.45, 2.75) is 12.8 Å². The minimum absolute atomic E-state index is 0.527. The molecule has 0 amide bonds. The van der Waals surface area contributed by atoms with E-state index in [0.717, 1.165) is 58.8 Å². The lowest BCUT2D eigenvalue weighted by molar-refractivity contribution is 0.0377. The van der Waals surface area contributed by atoms with Crippen LogP contribution in [0, 0.1) is 0 Å². The molecule has 1 fully saturated rings. The molecule has 3 N–H and O–H groups in total. The van der Waals surface area contributed by atoms with Gasteiger partial charge in [-0.1, -0.05) is 0 Å². The van der Waals surface area contributed by atoms with Crippen LogP contribution in [0.15, 0.2) is 17.3 Å². The number of hydrogen-bond donors (Lipinski definition) is 2.